The molecule has 3 fully saturated rings. The highest BCUT2D eigenvalue weighted by molar-refractivity contribution is 6.36. The maximum atomic E-state index is 9.70. The van der Waals surface area contributed by atoms with E-state index in [2.05, 4.69) is 47.6 Å². The number of imidazole rings is 1. The van der Waals surface area contributed by atoms with Gasteiger partial charge in [0.1, 0.15) is 6.07 Å². The zero-order valence-corrected chi connectivity index (χ0v) is 19.7. The smallest absolute Gasteiger partial charge is 0.247 e. The van der Waals surface area contributed by atoms with Crippen LogP contribution in [0.2, 0.25) is 5.02 Å². The molecule has 2 aliphatic heterocycles. The van der Waals surface area contributed by atoms with Gasteiger partial charge in [0.15, 0.2) is 17.2 Å². The molecule has 0 radical (unpaired) electrons. The number of hydrogen-bond donors (Lipinski definition) is 2. The summed E-state index contributed by atoms with van der Waals surface area (Å²) in [4.78, 5) is 13.6. The van der Waals surface area contributed by atoms with Crippen molar-refractivity contribution in [2.75, 3.05) is 54.9 Å². The van der Waals surface area contributed by atoms with Gasteiger partial charge >= 0.3 is 0 Å². The minimum absolute atomic E-state index is 0.253. The van der Waals surface area contributed by atoms with Gasteiger partial charge in [-0.25, -0.2) is 4.98 Å². The molecule has 6 rings (SSSR count). The molecule has 0 amide bonds. The van der Waals surface area contributed by atoms with Gasteiger partial charge in [0.25, 0.3) is 0 Å². The van der Waals surface area contributed by atoms with Crippen LogP contribution in [0.3, 0.4) is 0 Å². The summed E-state index contributed by atoms with van der Waals surface area (Å²) in [6.07, 6.45) is 3.59. The summed E-state index contributed by atoms with van der Waals surface area (Å²) in [5.74, 6) is 0.802. The van der Waals surface area contributed by atoms with Gasteiger partial charge in [-0.3, -0.25) is 4.90 Å². The summed E-state index contributed by atoms with van der Waals surface area (Å²) >= 11 is 6.88. The van der Waals surface area contributed by atoms with Crippen molar-refractivity contribution < 1.29 is 4.74 Å². The van der Waals surface area contributed by atoms with Crippen molar-refractivity contribution in [3.8, 4) is 12.1 Å². The first kappa shape index (κ1) is 21.9. The second kappa shape index (κ2) is 8.86. The first-order valence-electron chi connectivity index (χ1n) is 11.6. The molecule has 0 spiro atoms. The number of nitrogens with zero attached hydrogens (tertiary/aromatic N) is 8. The number of fused-ring (bicyclic) bond motifs is 2. The Labute approximate surface area is 206 Å². The van der Waals surface area contributed by atoms with E-state index in [1.807, 2.05) is 6.07 Å². The molecule has 2 N–H and O–H groups in total. The Balaban J connectivity index is 1.35. The molecular weight excluding hydrogens is 468 g/mol. The lowest BCUT2D eigenvalue weighted by atomic mass is 10.1. The number of piperazine rings is 1. The lowest BCUT2D eigenvalue weighted by Gasteiger charge is -2.44. The Morgan fingerprint density at radius 2 is 2.03 bits per heavy atom. The van der Waals surface area contributed by atoms with Gasteiger partial charge in [-0.15, -0.1) is 5.10 Å². The van der Waals surface area contributed by atoms with Crippen LogP contribution < -0.4 is 15.5 Å². The summed E-state index contributed by atoms with van der Waals surface area (Å²) in [5, 5.41) is 30.7. The molecule has 11 nitrogen and oxygen atoms in total. The second-order valence-corrected chi connectivity index (χ2v) is 9.38. The van der Waals surface area contributed by atoms with Crippen molar-refractivity contribution in [2.24, 2.45) is 0 Å². The van der Waals surface area contributed by atoms with E-state index in [-0.39, 0.29) is 5.95 Å². The van der Waals surface area contributed by atoms with Gasteiger partial charge in [-0.05, 0) is 25.0 Å². The fraction of sp³-hybridized carbons (Fsp3) is 0.435. The number of halogens is 1. The largest absolute Gasteiger partial charge is 0.378 e. The van der Waals surface area contributed by atoms with E-state index in [4.69, 9.17) is 16.3 Å². The standard InChI is InChI=1S/C23H23ClN10O/c24-20-18(7-14(9-25)8-19(20)33-4-3-32-5-6-35-13-17(32)12-33)29-23-30-21(28-15-1-2-15)22-27-11-16(10-26)34(22)31-23/h7-8,11,15,17H,1-6,12-13H2,(H2,28,29,30,31). The average Bonchev–Trinajstić information content (AvgIpc) is 3.60. The van der Waals surface area contributed by atoms with Crippen molar-refractivity contribution in [1.82, 2.24) is 24.5 Å². The number of benzene rings is 1. The Morgan fingerprint density at radius 1 is 1.14 bits per heavy atom. The minimum Gasteiger partial charge on any atom is -0.378 e. The molecule has 3 aromatic rings. The third-order valence-corrected chi connectivity index (χ3v) is 7.00. The van der Waals surface area contributed by atoms with Gasteiger partial charge in [0.05, 0.1) is 53.5 Å². The zero-order chi connectivity index (χ0) is 23.9. The zero-order valence-electron chi connectivity index (χ0n) is 18.9. The normalized spacial score (nSPS) is 20.2. The highest BCUT2D eigenvalue weighted by Gasteiger charge is 2.31. The van der Waals surface area contributed by atoms with Gasteiger partial charge < -0.3 is 20.3 Å². The molecule has 178 valence electrons. The summed E-state index contributed by atoms with van der Waals surface area (Å²) in [6, 6.07) is 8.48. The highest BCUT2D eigenvalue weighted by Crippen LogP contribution is 2.37. The number of nitriles is 2. The predicted molar refractivity (Wildman–Crippen MR) is 130 cm³/mol. The quantitative estimate of drug-likeness (QED) is 0.549. The minimum atomic E-state index is 0.253. The number of nitrogens with one attached hydrogen (secondary N) is 2. The fourth-order valence-electron chi connectivity index (χ4n) is 4.61. The third-order valence-electron chi connectivity index (χ3n) is 6.60. The number of aromatic nitrogens is 4. The van der Waals surface area contributed by atoms with Crippen LogP contribution in [0, 0.1) is 22.7 Å². The number of hydrogen-bond acceptors (Lipinski definition) is 10. The Kier molecular flexibility index (Phi) is 5.53. The first-order valence-corrected chi connectivity index (χ1v) is 12.0. The molecule has 1 atom stereocenters. The van der Waals surface area contributed by atoms with Crippen LogP contribution in [0.1, 0.15) is 24.1 Å². The Hall–Kier alpha value is -3.64. The molecule has 12 heteroatoms. The van der Waals surface area contributed by atoms with E-state index < -0.39 is 0 Å². The molecular formula is C23H23ClN10O. The summed E-state index contributed by atoms with van der Waals surface area (Å²) < 4.78 is 7.14. The molecule has 2 saturated heterocycles. The summed E-state index contributed by atoms with van der Waals surface area (Å²) in [5.41, 5.74) is 2.58. The van der Waals surface area contributed by atoms with Gasteiger partial charge in [0.2, 0.25) is 5.95 Å². The lowest BCUT2D eigenvalue weighted by molar-refractivity contribution is -0.0116. The molecule has 2 aromatic heterocycles. The number of rotatable bonds is 5. The summed E-state index contributed by atoms with van der Waals surface area (Å²) in [6.45, 7) is 4.88. The SMILES string of the molecule is N#Cc1cc(Nc2nc(NC3CC3)c3ncc(C#N)n3n2)c(Cl)c(N2CCN3CCOCC3C2)c1. The van der Waals surface area contributed by atoms with E-state index in [0.29, 0.717) is 52.1 Å². The van der Waals surface area contributed by atoms with Crippen molar-refractivity contribution in [2.45, 2.75) is 24.9 Å². The number of ether oxygens (including phenoxy) is 1. The van der Waals surface area contributed by atoms with Crippen LogP contribution in [-0.4, -0.2) is 76.0 Å². The molecule has 1 aliphatic carbocycles. The Bertz CT molecular complexity index is 1370. The van der Waals surface area contributed by atoms with Crippen LogP contribution in [0.25, 0.3) is 5.65 Å². The van der Waals surface area contributed by atoms with E-state index in [1.165, 1.54) is 10.7 Å². The fourth-order valence-corrected chi connectivity index (χ4v) is 4.88. The van der Waals surface area contributed by atoms with Gasteiger partial charge in [-0.1, -0.05) is 11.6 Å². The van der Waals surface area contributed by atoms with Gasteiger partial charge in [-0.2, -0.15) is 20.0 Å². The second-order valence-electron chi connectivity index (χ2n) is 9.00. The van der Waals surface area contributed by atoms with Crippen molar-refractivity contribution in [1.29, 1.82) is 10.5 Å². The van der Waals surface area contributed by atoms with Gasteiger partial charge in [0, 0.05) is 32.2 Å². The Morgan fingerprint density at radius 3 is 2.83 bits per heavy atom. The topological polar surface area (TPSA) is 130 Å². The molecule has 35 heavy (non-hydrogen) atoms. The van der Waals surface area contributed by atoms with Crippen LogP contribution in [0.5, 0.6) is 0 Å². The first-order chi connectivity index (χ1) is 17.1. The van der Waals surface area contributed by atoms with E-state index in [1.54, 1.807) is 6.07 Å². The molecule has 3 aliphatic rings. The van der Waals surface area contributed by atoms with E-state index >= 15 is 0 Å². The van der Waals surface area contributed by atoms with Crippen LogP contribution in [0.15, 0.2) is 18.3 Å². The van der Waals surface area contributed by atoms with Crippen molar-refractivity contribution >= 4 is 40.4 Å². The molecule has 4 heterocycles. The number of anilines is 4. The van der Waals surface area contributed by atoms with Crippen molar-refractivity contribution in [3.05, 3.63) is 34.6 Å². The van der Waals surface area contributed by atoms with Crippen LogP contribution in [0.4, 0.5) is 23.1 Å². The average molecular weight is 491 g/mol. The van der Waals surface area contributed by atoms with Crippen LogP contribution in [-0.2, 0) is 4.74 Å². The van der Waals surface area contributed by atoms with Crippen LogP contribution >= 0.6 is 11.6 Å². The summed E-state index contributed by atoms with van der Waals surface area (Å²) in [7, 11) is 0. The molecule has 0 bridgehead atoms. The highest BCUT2D eigenvalue weighted by atomic mass is 35.5. The predicted octanol–water partition coefficient (Wildman–Crippen LogP) is 2.36. The maximum Gasteiger partial charge on any atom is 0.247 e. The number of morpholine rings is 1. The molecule has 1 saturated carbocycles. The molecule has 1 unspecified atom stereocenters. The third kappa shape index (κ3) is 4.19. The van der Waals surface area contributed by atoms with E-state index in [9.17, 15) is 10.5 Å². The van der Waals surface area contributed by atoms with E-state index in [0.717, 1.165) is 51.3 Å². The lowest BCUT2D eigenvalue weighted by Crippen LogP contribution is -2.58. The molecule has 1 aromatic carbocycles. The maximum absolute atomic E-state index is 9.70. The monoisotopic (exact) mass is 490 g/mol. The van der Waals surface area contributed by atoms with Crippen molar-refractivity contribution in [3.63, 3.8) is 0 Å².